The average molecular weight is 1030 g/mol. The van der Waals surface area contributed by atoms with Crippen LogP contribution in [0.2, 0.25) is 0 Å². The maximum Gasteiger partial charge on any atom is 0.339 e. The summed E-state index contributed by atoms with van der Waals surface area (Å²) < 4.78 is 8.99. The molecule has 24 nitrogen and oxygen atoms in total. The Kier molecular flexibility index (Phi) is 49.2. The monoisotopic (exact) mass is 1030 g/mol. The van der Waals surface area contributed by atoms with Crippen LogP contribution < -0.4 is 38.1 Å². The van der Waals surface area contributed by atoms with Gasteiger partial charge in [0.05, 0.1) is 6.54 Å². The van der Waals surface area contributed by atoms with Gasteiger partial charge in [-0.05, 0) is 86.0 Å². The molecule has 2 aliphatic heterocycles. The topological polar surface area (TPSA) is 355 Å². The number of unbranched alkanes of at least 4 members (excludes halogenated alkanes) is 2. The number of nitrogens with one attached hydrogen (secondary N) is 5. The zero-order chi connectivity index (χ0) is 54.6. The van der Waals surface area contributed by atoms with Gasteiger partial charge in [0.1, 0.15) is 12.2 Å². The lowest BCUT2D eigenvalue weighted by Crippen LogP contribution is -2.55. The molecule has 24 heteroatoms. The summed E-state index contributed by atoms with van der Waals surface area (Å²) in [5.74, 6) is -3.47. The lowest BCUT2D eigenvalue weighted by molar-refractivity contribution is -0.368. The zero-order valence-corrected chi connectivity index (χ0v) is 45.2. The molecule has 2 aliphatic rings. The molecule has 71 heavy (non-hydrogen) atoms. The van der Waals surface area contributed by atoms with E-state index in [2.05, 4.69) is 96.0 Å². The first-order valence-electron chi connectivity index (χ1n) is 25.9. The number of carbonyl (C=O) groups is 4. The van der Waals surface area contributed by atoms with E-state index in [4.69, 9.17) is 21.1 Å². The van der Waals surface area contributed by atoms with Crippen molar-refractivity contribution >= 4 is 23.8 Å². The molecule has 2 rings (SSSR count). The quantitative estimate of drug-likeness (QED) is 0.0206. The Labute approximate surface area is 425 Å². The summed E-state index contributed by atoms with van der Waals surface area (Å²) in [4.78, 5) is 55.0. The number of hydrogen-bond acceptors (Lipinski definition) is 21. The fraction of sp³-hybridized carbons (Fsp3) is 0.915. The number of esters is 2. The Hall–Kier alpha value is -2.76. The van der Waals surface area contributed by atoms with Crippen LogP contribution in [0.15, 0.2) is 0 Å². The molecule has 2 fully saturated rings. The number of aliphatic hydroxyl groups excluding tert-OH is 7. The highest BCUT2D eigenvalue weighted by atomic mass is 16.7. The fourth-order valence-electron chi connectivity index (χ4n) is 7.27. The fourth-order valence-corrected chi connectivity index (χ4v) is 7.27. The summed E-state index contributed by atoms with van der Waals surface area (Å²) in [7, 11) is 6.83. The number of likely N-dealkylation sites (N-methyl/N-ethyl adjacent to an activating group) is 3. The third-order valence-corrected chi connectivity index (χ3v) is 11.1. The number of fused-ring (bicyclic) bond motifs is 1. The molecule has 0 radical (unpaired) electrons. The summed E-state index contributed by atoms with van der Waals surface area (Å²) in [6, 6.07) is 0. The van der Waals surface area contributed by atoms with Crippen LogP contribution in [0.4, 0.5) is 0 Å². The highest BCUT2D eigenvalue weighted by molar-refractivity contribution is 5.85. The van der Waals surface area contributed by atoms with Gasteiger partial charge in [-0.2, -0.15) is 0 Å². The predicted molar refractivity (Wildman–Crippen MR) is 275 cm³/mol. The van der Waals surface area contributed by atoms with Gasteiger partial charge in [-0.3, -0.25) is 14.5 Å². The predicted octanol–water partition coefficient (Wildman–Crippen LogP) is -5.30. The summed E-state index contributed by atoms with van der Waals surface area (Å²) in [6.07, 6.45) is -5.27. The maximum atomic E-state index is 12.2. The van der Waals surface area contributed by atoms with Gasteiger partial charge in [0.25, 0.3) is 11.8 Å². The van der Waals surface area contributed by atoms with Gasteiger partial charge < -0.3 is 98.0 Å². The molecular formula is C47H104N11O13+. The molecule has 0 saturated carbocycles. The van der Waals surface area contributed by atoms with Crippen molar-refractivity contribution in [3.63, 3.8) is 0 Å². The van der Waals surface area contributed by atoms with Crippen LogP contribution in [0, 0.1) is 0 Å². The lowest BCUT2D eigenvalue weighted by atomic mass is 10.0. The van der Waals surface area contributed by atoms with Crippen LogP contribution in [-0.2, 0) is 28.7 Å². The van der Waals surface area contributed by atoms with E-state index in [9.17, 15) is 39.6 Å². The number of amides is 2. The average Bonchev–Trinajstić information content (AvgIpc) is 3.81. The summed E-state index contributed by atoms with van der Waals surface area (Å²) >= 11 is 0. The third-order valence-electron chi connectivity index (χ3n) is 11.1. The van der Waals surface area contributed by atoms with Crippen LogP contribution in [0.3, 0.4) is 0 Å². The van der Waals surface area contributed by atoms with Gasteiger partial charge in [0, 0.05) is 92.2 Å². The maximum absolute atomic E-state index is 12.2. The molecule has 0 aromatic carbocycles. The molecular weight excluding hydrogens is 927 g/mol. The molecule has 2 amide bonds. The van der Waals surface area contributed by atoms with E-state index >= 15 is 0 Å². The minimum Gasteiger partial charge on any atom is -0.453 e. The number of hydrogen-bond donors (Lipinski definition) is 14. The molecule has 0 aromatic heterocycles. The van der Waals surface area contributed by atoms with Crippen LogP contribution in [0.5, 0.6) is 0 Å². The Morgan fingerprint density at radius 2 is 0.859 bits per heavy atom. The first kappa shape index (κ1) is 72.5. The number of carbonyl (C=O) groups excluding carboxylic acids is 4. The summed E-state index contributed by atoms with van der Waals surface area (Å²) in [6.45, 7) is 27.4. The first-order chi connectivity index (χ1) is 34.0. The molecule has 0 spiro atoms. The van der Waals surface area contributed by atoms with Crippen LogP contribution >= 0.6 is 0 Å². The van der Waals surface area contributed by atoms with Crippen molar-refractivity contribution in [2.75, 3.05) is 153 Å². The van der Waals surface area contributed by atoms with Gasteiger partial charge in [-0.15, -0.1) is 0 Å². The van der Waals surface area contributed by atoms with Gasteiger partial charge >= 0.3 is 11.9 Å². The highest BCUT2D eigenvalue weighted by Gasteiger charge is 2.57. The van der Waals surface area contributed by atoms with Crippen LogP contribution in [-0.4, -0.2) is 281 Å². The van der Waals surface area contributed by atoms with Gasteiger partial charge in [-0.1, -0.05) is 47.5 Å². The second-order valence-corrected chi connectivity index (χ2v) is 17.2. The number of nitrogens with two attached hydrogens (primary N) is 1. The molecule has 0 bridgehead atoms. The Bertz CT molecular complexity index is 1230. The van der Waals surface area contributed by atoms with Crippen molar-refractivity contribution in [2.24, 2.45) is 5.73 Å². The lowest BCUT2D eigenvalue weighted by Gasteiger charge is -2.26. The summed E-state index contributed by atoms with van der Waals surface area (Å²) in [5, 5.41) is 80.1. The second-order valence-electron chi connectivity index (χ2n) is 17.2. The third kappa shape index (κ3) is 33.6. The molecule has 2 heterocycles. The minimum atomic E-state index is -2.02. The SMILES string of the molecule is CCCCCN(CCC)CCNC(=O)[C@H](O)[C@H](O)[C@@H](O)[C@H](O)C(=O)NCCN(CCC)CCNC.CCCN(CCN)CCNC.CCCN(CC[NH3+])CCNC.CO.O=C1O[C@H]2[C@H](OC(=O)[C@@H]2O)[C@@H]1O. The Balaban J connectivity index is -0.00000103. The number of quaternary nitrogens is 1. The van der Waals surface area contributed by atoms with Gasteiger partial charge in [0.15, 0.2) is 36.6 Å². The molecule has 17 N–H and O–H groups in total. The van der Waals surface area contributed by atoms with E-state index < -0.39 is 72.6 Å². The van der Waals surface area contributed by atoms with Gasteiger partial charge in [0.2, 0.25) is 0 Å². The standard InChI is InChI=1S/C24H51N5O6.2C8H21N3.C6H6O6.CH4O/c1-5-8-9-15-28(13-6-2)17-11-26-23(34)21(32)19(30)20(31)22(33)24(35)27-12-18-29(14-7-3)16-10-25-4;2*1-3-6-11(7-4-9)8-5-10-2;7-1-3-4(12-5(1)9)2(8)6(10)11-3;1-2/h19-22,25,30-33H,5-18H2,1-4H3,(H,26,34)(H,27,35);2*10H,3-9H2,1-2H3;1-4,7-8H;2H,1H3/p+1/t19-,20-,21-,22+;;;1-,2+,3-,4-;/m1..1./s1. The van der Waals surface area contributed by atoms with Gasteiger partial charge in [-0.25, -0.2) is 9.59 Å². The van der Waals surface area contributed by atoms with E-state index in [0.29, 0.717) is 13.1 Å². The number of aliphatic hydroxyl groups is 7. The molecule has 8 atom stereocenters. The highest BCUT2D eigenvalue weighted by Crippen LogP contribution is 2.28. The number of ether oxygens (including phenoxy) is 2. The van der Waals surface area contributed by atoms with E-state index in [1.807, 2.05) is 21.1 Å². The van der Waals surface area contributed by atoms with Crippen LogP contribution in [0.1, 0.15) is 79.6 Å². The van der Waals surface area contributed by atoms with Crippen molar-refractivity contribution in [3.8, 4) is 0 Å². The number of nitrogens with zero attached hydrogens (tertiary/aromatic N) is 4. The smallest absolute Gasteiger partial charge is 0.339 e. The molecule has 2 saturated heterocycles. The van der Waals surface area contributed by atoms with Crippen molar-refractivity contribution in [1.82, 2.24) is 46.2 Å². The molecule has 0 aromatic rings. The van der Waals surface area contributed by atoms with E-state index in [0.717, 1.165) is 124 Å². The van der Waals surface area contributed by atoms with E-state index in [1.54, 1.807) is 0 Å². The largest absolute Gasteiger partial charge is 0.453 e. The molecule has 0 aliphatic carbocycles. The minimum absolute atomic E-state index is 0.248. The Morgan fingerprint density at radius 3 is 1.17 bits per heavy atom. The Morgan fingerprint density at radius 1 is 0.535 bits per heavy atom. The van der Waals surface area contributed by atoms with Crippen molar-refractivity contribution < 1.29 is 70.1 Å². The van der Waals surface area contributed by atoms with Crippen molar-refractivity contribution in [2.45, 2.75) is 128 Å². The van der Waals surface area contributed by atoms with Crippen molar-refractivity contribution in [3.05, 3.63) is 0 Å². The molecule has 424 valence electrons. The first-order valence-corrected chi connectivity index (χ1v) is 25.9. The normalized spacial score (nSPS) is 18.6. The zero-order valence-electron chi connectivity index (χ0n) is 45.2. The van der Waals surface area contributed by atoms with E-state index in [1.165, 1.54) is 25.9 Å². The van der Waals surface area contributed by atoms with Crippen molar-refractivity contribution in [1.29, 1.82) is 0 Å². The van der Waals surface area contributed by atoms with E-state index in [-0.39, 0.29) is 13.1 Å². The second kappa shape index (κ2) is 48.2. The van der Waals surface area contributed by atoms with Crippen LogP contribution in [0.25, 0.3) is 0 Å². The summed E-state index contributed by atoms with van der Waals surface area (Å²) in [5.41, 5.74) is 9.32. The number of rotatable bonds is 36. The molecule has 0 unspecified atom stereocenters.